The monoisotopic (exact) mass is 372 g/mol. The standard InChI is InChI=1S/C13H12AsClNO3S/c14-10-5-11(17)7-12(6-10)20(18,19)16-8-9-3-1-2-4-13(9)15/h1-7,16H,8,14H2. The molecule has 4 nitrogen and oxygen atoms in total. The van der Waals surface area contributed by atoms with Gasteiger partial charge in [0.25, 0.3) is 0 Å². The van der Waals surface area contributed by atoms with Crippen molar-refractivity contribution in [2.45, 2.75) is 11.4 Å². The maximum absolute atomic E-state index is 12.1. The van der Waals surface area contributed by atoms with Crippen LogP contribution in [0, 0.1) is 0 Å². The molecule has 1 atom stereocenters. The normalized spacial score (nSPS) is 11.5. The van der Waals surface area contributed by atoms with Gasteiger partial charge in [0, 0.05) is 0 Å². The molecule has 0 saturated carbocycles. The van der Waals surface area contributed by atoms with E-state index in [1.165, 1.54) is 29.0 Å². The Balaban J connectivity index is 2.22. The van der Waals surface area contributed by atoms with Gasteiger partial charge in [-0.05, 0) is 0 Å². The molecule has 0 aliphatic heterocycles. The van der Waals surface area contributed by atoms with Crippen LogP contribution in [0.15, 0.2) is 47.4 Å². The summed E-state index contributed by atoms with van der Waals surface area (Å²) in [6.45, 7) is 0.0787. The molecule has 2 aromatic rings. The summed E-state index contributed by atoms with van der Waals surface area (Å²) in [5.74, 6) is -0.315. The van der Waals surface area contributed by atoms with Gasteiger partial charge in [-0.25, -0.2) is 0 Å². The van der Waals surface area contributed by atoms with Gasteiger partial charge in [0.15, 0.2) is 0 Å². The molecule has 20 heavy (non-hydrogen) atoms. The van der Waals surface area contributed by atoms with Crippen molar-refractivity contribution in [2.75, 3.05) is 0 Å². The second kappa shape index (κ2) is 6.18. The Labute approximate surface area is 131 Å². The first-order valence-electron chi connectivity index (χ1n) is 5.69. The molecule has 0 bridgehead atoms. The number of halogens is 1. The topological polar surface area (TPSA) is 66.1 Å². The fraction of sp³-hybridized carbons (Fsp3) is 0.0769. The maximum atomic E-state index is 12.1. The first-order valence-corrected chi connectivity index (χ1v) is 8.76. The number of nitrogens with one attached hydrogen (secondary N) is 1. The molecule has 1 radical (unpaired) electrons. The number of rotatable bonds is 4. The van der Waals surface area contributed by atoms with E-state index in [1.54, 1.807) is 24.3 Å². The van der Waals surface area contributed by atoms with Gasteiger partial charge in [-0.1, -0.05) is 0 Å². The van der Waals surface area contributed by atoms with Crippen molar-refractivity contribution >= 4 is 42.8 Å². The van der Waals surface area contributed by atoms with Crippen LogP contribution in [0.5, 0.6) is 5.75 Å². The minimum absolute atomic E-state index is 0.0172. The minimum atomic E-state index is -3.72. The molecule has 7 heteroatoms. The molecule has 105 valence electrons. The molecule has 1 N–H and O–H groups in total. The molecule has 0 aromatic heterocycles. The van der Waals surface area contributed by atoms with Crippen LogP contribution in [0.1, 0.15) is 5.56 Å². The van der Waals surface area contributed by atoms with Crippen LogP contribution < -0.4 is 9.07 Å². The Kier molecular flexibility index (Phi) is 4.76. The summed E-state index contributed by atoms with van der Waals surface area (Å²) >= 11 is 7.17. The van der Waals surface area contributed by atoms with E-state index < -0.39 is 10.0 Å². The van der Waals surface area contributed by atoms with Crippen LogP contribution in [-0.4, -0.2) is 25.3 Å². The molecule has 2 rings (SSSR count). The number of hydrogen-bond donors (Lipinski definition) is 1. The zero-order valence-electron chi connectivity index (χ0n) is 10.3. The number of sulfonamides is 1. The summed E-state index contributed by atoms with van der Waals surface area (Å²) in [6, 6.07) is 11.0. The van der Waals surface area contributed by atoms with Crippen molar-refractivity contribution in [3.63, 3.8) is 0 Å². The third-order valence-electron chi connectivity index (χ3n) is 2.62. The summed E-state index contributed by atoms with van der Waals surface area (Å²) in [5.41, 5.74) is 0.678. The molecule has 0 aliphatic carbocycles. The van der Waals surface area contributed by atoms with Crippen molar-refractivity contribution in [1.82, 2.24) is 4.72 Å². The molecule has 0 saturated heterocycles. The van der Waals surface area contributed by atoms with Gasteiger partial charge < -0.3 is 0 Å². The Morgan fingerprint density at radius 2 is 1.85 bits per heavy atom. The fourth-order valence-electron chi connectivity index (χ4n) is 1.65. The molecular formula is C13H12AsClNO3S. The Morgan fingerprint density at radius 1 is 1.15 bits per heavy atom. The molecule has 1 unspecified atom stereocenters. The second-order valence-corrected chi connectivity index (χ2v) is 7.73. The van der Waals surface area contributed by atoms with Crippen LogP contribution in [0.3, 0.4) is 0 Å². The SMILES string of the molecule is [O]c1cc([AsH2])cc(S(=O)(=O)NCc2ccccc2Cl)c1. The second-order valence-electron chi connectivity index (χ2n) is 4.15. The van der Waals surface area contributed by atoms with Crippen LogP contribution >= 0.6 is 11.6 Å². The van der Waals surface area contributed by atoms with Crippen LogP contribution in [0.2, 0.25) is 5.02 Å². The zero-order valence-corrected chi connectivity index (χ0v) is 14.3. The van der Waals surface area contributed by atoms with Crippen LogP contribution in [0.25, 0.3) is 0 Å². The van der Waals surface area contributed by atoms with E-state index >= 15 is 0 Å². The van der Waals surface area contributed by atoms with Crippen molar-refractivity contribution < 1.29 is 13.5 Å². The summed E-state index contributed by atoms with van der Waals surface area (Å²) in [6.07, 6.45) is 0. The molecule has 0 heterocycles. The first kappa shape index (κ1) is 15.4. The average Bonchev–Trinajstić information content (AvgIpc) is 2.37. The predicted molar refractivity (Wildman–Crippen MR) is 80.2 cm³/mol. The van der Waals surface area contributed by atoms with Crippen molar-refractivity contribution in [3.05, 3.63) is 53.1 Å². The summed E-state index contributed by atoms with van der Waals surface area (Å²) in [4.78, 5) is -0.0172. The van der Waals surface area contributed by atoms with Gasteiger partial charge in [0.2, 0.25) is 0 Å². The number of hydrogen-bond acceptors (Lipinski definition) is 2. The van der Waals surface area contributed by atoms with E-state index in [2.05, 4.69) is 4.72 Å². The van der Waals surface area contributed by atoms with Gasteiger partial charge in [0.1, 0.15) is 0 Å². The van der Waals surface area contributed by atoms with Gasteiger partial charge >= 0.3 is 131 Å². The van der Waals surface area contributed by atoms with Crippen molar-refractivity contribution in [3.8, 4) is 5.75 Å². The van der Waals surface area contributed by atoms with Gasteiger partial charge in [-0.15, -0.1) is 0 Å². The van der Waals surface area contributed by atoms with Crippen molar-refractivity contribution in [2.24, 2.45) is 0 Å². The Bertz CT molecular complexity index is 714. The van der Waals surface area contributed by atoms with E-state index in [4.69, 9.17) is 11.6 Å². The summed E-state index contributed by atoms with van der Waals surface area (Å²) in [5, 5.41) is 11.9. The van der Waals surface area contributed by atoms with Crippen LogP contribution in [-0.2, 0) is 21.7 Å². The molecule has 0 spiro atoms. The predicted octanol–water partition coefficient (Wildman–Crippen LogP) is 1.22. The van der Waals surface area contributed by atoms with Gasteiger partial charge in [0.05, 0.1) is 0 Å². The Morgan fingerprint density at radius 3 is 2.50 bits per heavy atom. The molecule has 0 amide bonds. The molecule has 2 aromatic carbocycles. The molecule has 0 aliphatic rings. The van der Waals surface area contributed by atoms with Gasteiger partial charge in [-0.3, -0.25) is 0 Å². The third kappa shape index (κ3) is 3.76. The quantitative estimate of drug-likeness (QED) is 0.820. The zero-order chi connectivity index (χ0) is 14.8. The van der Waals surface area contributed by atoms with E-state index in [0.717, 1.165) is 6.07 Å². The van der Waals surface area contributed by atoms with E-state index in [9.17, 15) is 13.5 Å². The summed E-state index contributed by atoms with van der Waals surface area (Å²) < 4.78 is 27.4. The average molecular weight is 373 g/mol. The summed E-state index contributed by atoms with van der Waals surface area (Å²) in [7, 11) is -3.72. The molecule has 0 fully saturated rings. The molecular weight excluding hydrogens is 361 g/mol. The number of benzene rings is 2. The van der Waals surface area contributed by atoms with Crippen molar-refractivity contribution in [1.29, 1.82) is 0 Å². The van der Waals surface area contributed by atoms with Gasteiger partial charge in [-0.2, -0.15) is 0 Å². The fourth-order valence-corrected chi connectivity index (χ4v) is 3.90. The van der Waals surface area contributed by atoms with E-state index in [-0.39, 0.29) is 17.2 Å². The van der Waals surface area contributed by atoms with Crippen LogP contribution in [0.4, 0.5) is 0 Å². The third-order valence-corrected chi connectivity index (χ3v) is 5.07. The Hall–Kier alpha value is -1.00. The first-order chi connectivity index (χ1) is 9.38. The van der Waals surface area contributed by atoms with E-state index in [1.807, 2.05) is 0 Å². The van der Waals surface area contributed by atoms with E-state index in [0.29, 0.717) is 14.9 Å².